The quantitative estimate of drug-likeness (QED) is 0.707. The average molecular weight is 421 g/mol. The summed E-state index contributed by atoms with van der Waals surface area (Å²) in [6.45, 7) is 2.44. The van der Waals surface area contributed by atoms with E-state index >= 15 is 0 Å². The number of likely N-dealkylation sites (N-methyl/N-ethyl adjacent to an activating group) is 1. The number of rotatable bonds is 4. The molecule has 2 heterocycles. The molecular weight excluding hydrogens is 392 g/mol. The first-order chi connectivity index (χ1) is 15.0. The van der Waals surface area contributed by atoms with Crippen LogP contribution in [-0.4, -0.2) is 43.4 Å². The molecule has 3 N–H and O–H groups in total. The van der Waals surface area contributed by atoms with Crippen molar-refractivity contribution >= 4 is 23.4 Å². The van der Waals surface area contributed by atoms with Crippen molar-refractivity contribution in [3.8, 4) is 11.1 Å². The molecule has 0 saturated carbocycles. The summed E-state index contributed by atoms with van der Waals surface area (Å²) in [4.78, 5) is 40.3. The van der Waals surface area contributed by atoms with Crippen LogP contribution in [0.2, 0.25) is 0 Å². The topological polar surface area (TPSA) is 90.5 Å². The average Bonchev–Trinajstić information content (AvgIpc) is 2.89. The van der Waals surface area contributed by atoms with Crippen molar-refractivity contribution in [3.63, 3.8) is 0 Å². The molecule has 162 valence electrons. The number of piperidine rings is 1. The molecule has 0 unspecified atom stereocenters. The first-order valence-corrected chi connectivity index (χ1v) is 10.8. The van der Waals surface area contributed by atoms with Crippen LogP contribution in [0.4, 0.5) is 5.69 Å². The van der Waals surface area contributed by atoms with Crippen molar-refractivity contribution in [1.82, 2.24) is 16.0 Å². The minimum atomic E-state index is -0.840. The second-order valence-electron chi connectivity index (χ2n) is 8.18. The predicted octanol–water partition coefficient (Wildman–Crippen LogP) is 2.13. The van der Waals surface area contributed by atoms with Crippen LogP contribution in [0.5, 0.6) is 0 Å². The maximum Gasteiger partial charge on any atom is 0.253 e. The number of nitrogens with zero attached hydrogens (tertiary/aromatic N) is 1. The molecule has 2 aromatic carbocycles. The Hall–Kier alpha value is -3.19. The van der Waals surface area contributed by atoms with Gasteiger partial charge in [-0.05, 0) is 43.5 Å². The summed E-state index contributed by atoms with van der Waals surface area (Å²) in [6, 6.07) is 13.4. The summed E-state index contributed by atoms with van der Waals surface area (Å²) >= 11 is 0. The zero-order chi connectivity index (χ0) is 22.0. The first kappa shape index (κ1) is 21.1. The molecule has 4 rings (SSSR count). The van der Waals surface area contributed by atoms with Crippen LogP contribution in [-0.2, 0) is 14.4 Å². The van der Waals surface area contributed by atoms with Crippen LogP contribution >= 0.6 is 0 Å². The van der Waals surface area contributed by atoms with E-state index in [0.717, 1.165) is 48.2 Å². The van der Waals surface area contributed by atoms with Crippen molar-refractivity contribution in [2.45, 2.75) is 44.3 Å². The highest BCUT2D eigenvalue weighted by Crippen LogP contribution is 2.39. The highest BCUT2D eigenvalue weighted by atomic mass is 16.2. The molecule has 31 heavy (non-hydrogen) atoms. The number of carbonyl (C=O) groups is 3. The van der Waals surface area contributed by atoms with Crippen LogP contribution < -0.4 is 20.9 Å². The number of hydrogen-bond donors (Lipinski definition) is 3. The van der Waals surface area contributed by atoms with Gasteiger partial charge in [0.1, 0.15) is 12.1 Å². The number of para-hydroxylation sites is 1. The van der Waals surface area contributed by atoms with E-state index < -0.39 is 18.0 Å². The second kappa shape index (κ2) is 8.89. The number of amides is 3. The normalized spacial score (nSPS) is 21.4. The Morgan fingerprint density at radius 1 is 1.06 bits per heavy atom. The van der Waals surface area contributed by atoms with Gasteiger partial charge in [0.2, 0.25) is 11.8 Å². The monoisotopic (exact) mass is 420 g/mol. The van der Waals surface area contributed by atoms with E-state index in [1.807, 2.05) is 48.5 Å². The van der Waals surface area contributed by atoms with Gasteiger partial charge in [0.15, 0.2) is 0 Å². The standard InChI is InChI=1S/C24H28N4O3/c1-15(26-23(30)19-12-7-8-14-25-19)22(29)27-21-18-11-4-3-9-16(18)17-10-5-6-13-20(17)28(2)24(21)31/h3-6,9-11,13,15,19,21,25H,7-8,12,14H2,1-2H3,(H,26,30)(H,27,29)/t15-,19-,21+/m0/s1. The van der Waals surface area contributed by atoms with E-state index in [0.29, 0.717) is 0 Å². The molecule has 0 radical (unpaired) electrons. The van der Waals surface area contributed by atoms with Crippen LogP contribution in [0.15, 0.2) is 48.5 Å². The number of anilines is 1. The largest absolute Gasteiger partial charge is 0.343 e. The second-order valence-corrected chi connectivity index (χ2v) is 8.18. The van der Waals surface area contributed by atoms with Gasteiger partial charge in [0.05, 0.1) is 11.7 Å². The van der Waals surface area contributed by atoms with Crippen molar-refractivity contribution in [1.29, 1.82) is 0 Å². The zero-order valence-electron chi connectivity index (χ0n) is 17.9. The van der Waals surface area contributed by atoms with Gasteiger partial charge in [-0.15, -0.1) is 0 Å². The molecule has 3 amide bonds. The molecule has 0 bridgehead atoms. The Morgan fingerprint density at radius 2 is 1.77 bits per heavy atom. The fourth-order valence-electron chi connectivity index (χ4n) is 4.30. The summed E-state index contributed by atoms with van der Waals surface area (Å²) in [5.74, 6) is -0.797. The molecule has 2 aromatic rings. The number of benzene rings is 2. The van der Waals surface area contributed by atoms with Gasteiger partial charge < -0.3 is 20.9 Å². The third-order valence-corrected chi connectivity index (χ3v) is 6.07. The fourth-order valence-corrected chi connectivity index (χ4v) is 4.30. The summed E-state index contributed by atoms with van der Waals surface area (Å²) < 4.78 is 0. The lowest BCUT2D eigenvalue weighted by atomic mass is 9.95. The third-order valence-electron chi connectivity index (χ3n) is 6.07. The van der Waals surface area contributed by atoms with E-state index in [2.05, 4.69) is 16.0 Å². The van der Waals surface area contributed by atoms with Gasteiger partial charge in [0.25, 0.3) is 5.91 Å². The number of fused-ring (bicyclic) bond motifs is 3. The summed E-state index contributed by atoms with van der Waals surface area (Å²) in [6.07, 6.45) is 2.81. The zero-order valence-corrected chi connectivity index (χ0v) is 17.9. The Labute approximate surface area is 182 Å². The van der Waals surface area contributed by atoms with Crippen LogP contribution in [0.1, 0.15) is 37.8 Å². The Balaban J connectivity index is 1.55. The maximum absolute atomic E-state index is 13.3. The van der Waals surface area contributed by atoms with Gasteiger partial charge in [-0.3, -0.25) is 14.4 Å². The van der Waals surface area contributed by atoms with Crippen LogP contribution in [0, 0.1) is 0 Å². The molecule has 7 heteroatoms. The highest BCUT2D eigenvalue weighted by molar-refractivity contribution is 6.06. The molecule has 1 saturated heterocycles. The van der Waals surface area contributed by atoms with Crippen LogP contribution in [0.3, 0.4) is 0 Å². The summed E-state index contributed by atoms with van der Waals surface area (Å²) in [7, 11) is 1.71. The van der Waals surface area contributed by atoms with E-state index in [1.165, 1.54) is 0 Å². The molecule has 0 spiro atoms. The number of nitrogens with one attached hydrogen (secondary N) is 3. The molecule has 0 aliphatic carbocycles. The molecule has 0 aromatic heterocycles. The Kier molecular flexibility index (Phi) is 6.04. The fraction of sp³-hybridized carbons (Fsp3) is 0.375. The van der Waals surface area contributed by atoms with Crippen molar-refractivity contribution in [2.75, 3.05) is 18.5 Å². The van der Waals surface area contributed by atoms with E-state index in [1.54, 1.807) is 18.9 Å². The molecule has 2 aliphatic rings. The van der Waals surface area contributed by atoms with Gasteiger partial charge in [0, 0.05) is 12.6 Å². The smallest absolute Gasteiger partial charge is 0.253 e. The van der Waals surface area contributed by atoms with Crippen molar-refractivity contribution in [3.05, 3.63) is 54.1 Å². The van der Waals surface area contributed by atoms with E-state index in [9.17, 15) is 14.4 Å². The maximum atomic E-state index is 13.3. The molecule has 1 fully saturated rings. The summed E-state index contributed by atoms with van der Waals surface area (Å²) in [5.41, 5.74) is 3.38. The Morgan fingerprint density at radius 3 is 2.52 bits per heavy atom. The molecular formula is C24H28N4O3. The van der Waals surface area contributed by atoms with Crippen LogP contribution in [0.25, 0.3) is 11.1 Å². The van der Waals surface area contributed by atoms with Crippen molar-refractivity contribution < 1.29 is 14.4 Å². The minimum absolute atomic E-state index is 0.181. The third kappa shape index (κ3) is 4.18. The molecule has 3 atom stereocenters. The lowest BCUT2D eigenvalue weighted by Gasteiger charge is -2.26. The lowest BCUT2D eigenvalue weighted by molar-refractivity contribution is -0.131. The highest BCUT2D eigenvalue weighted by Gasteiger charge is 2.34. The van der Waals surface area contributed by atoms with Crippen molar-refractivity contribution in [2.24, 2.45) is 0 Å². The summed E-state index contributed by atoms with van der Waals surface area (Å²) in [5, 5.41) is 8.84. The van der Waals surface area contributed by atoms with Gasteiger partial charge in [-0.1, -0.05) is 48.9 Å². The number of carbonyl (C=O) groups excluding carboxylic acids is 3. The number of hydrogen-bond acceptors (Lipinski definition) is 4. The lowest BCUT2D eigenvalue weighted by Crippen LogP contribution is -2.54. The minimum Gasteiger partial charge on any atom is -0.343 e. The van der Waals surface area contributed by atoms with Gasteiger partial charge in [-0.2, -0.15) is 0 Å². The molecule has 7 nitrogen and oxygen atoms in total. The van der Waals surface area contributed by atoms with Gasteiger partial charge in [-0.25, -0.2) is 0 Å². The first-order valence-electron chi connectivity index (χ1n) is 10.8. The predicted molar refractivity (Wildman–Crippen MR) is 119 cm³/mol. The van der Waals surface area contributed by atoms with Gasteiger partial charge >= 0.3 is 0 Å². The van der Waals surface area contributed by atoms with E-state index in [-0.39, 0.29) is 17.9 Å². The molecule has 2 aliphatic heterocycles. The SMILES string of the molecule is C[C@H](NC(=O)[C@@H]1CCCCN1)C(=O)N[C@H]1C(=O)N(C)c2ccccc2-c2ccccc21. The van der Waals surface area contributed by atoms with E-state index in [4.69, 9.17) is 0 Å². The Bertz CT molecular complexity index is 1000.